The van der Waals surface area contributed by atoms with Gasteiger partial charge in [0.1, 0.15) is 0 Å². The zero-order valence-electron chi connectivity index (χ0n) is 14.9. The van der Waals surface area contributed by atoms with Crippen LogP contribution in [0.5, 0.6) is 0 Å². The molecular formula is C16H33ClN4O2. The van der Waals surface area contributed by atoms with E-state index >= 15 is 0 Å². The molecule has 136 valence electrons. The Hall–Kier alpha value is -0.850. The predicted octanol–water partition coefficient (Wildman–Crippen LogP) is 1.27. The van der Waals surface area contributed by atoms with Crippen LogP contribution in [0.1, 0.15) is 40.5 Å². The number of amides is 2. The van der Waals surface area contributed by atoms with Gasteiger partial charge < -0.3 is 5.32 Å². The molecule has 6 nitrogen and oxygen atoms in total. The molecule has 0 aromatic heterocycles. The first-order valence-electron chi connectivity index (χ1n) is 8.41. The maximum Gasteiger partial charge on any atom is 0.255 e. The van der Waals surface area contributed by atoms with Crippen molar-refractivity contribution < 1.29 is 9.59 Å². The first-order valence-corrected chi connectivity index (χ1v) is 8.41. The summed E-state index contributed by atoms with van der Waals surface area (Å²) < 4.78 is 0. The molecule has 23 heavy (non-hydrogen) atoms. The number of hydrazine groups is 1. The van der Waals surface area contributed by atoms with E-state index in [4.69, 9.17) is 0 Å². The van der Waals surface area contributed by atoms with Crippen LogP contribution in [-0.4, -0.2) is 61.0 Å². The summed E-state index contributed by atoms with van der Waals surface area (Å²) in [5.41, 5.74) is 2.80. The van der Waals surface area contributed by atoms with Crippen molar-refractivity contribution in [2.75, 3.05) is 39.3 Å². The van der Waals surface area contributed by atoms with Crippen molar-refractivity contribution in [3.8, 4) is 0 Å². The van der Waals surface area contributed by atoms with E-state index < -0.39 is 0 Å². The van der Waals surface area contributed by atoms with Crippen molar-refractivity contribution in [1.82, 2.24) is 20.7 Å². The lowest BCUT2D eigenvalue weighted by molar-refractivity contribution is -0.143. The molecular weight excluding hydrogens is 316 g/mol. The molecule has 1 fully saturated rings. The Bertz CT molecular complexity index is 358. The van der Waals surface area contributed by atoms with E-state index in [-0.39, 0.29) is 24.2 Å². The Kier molecular flexibility index (Phi) is 11.2. The van der Waals surface area contributed by atoms with Crippen LogP contribution in [0.15, 0.2) is 0 Å². The van der Waals surface area contributed by atoms with Gasteiger partial charge in [0.25, 0.3) is 5.91 Å². The molecule has 1 rings (SSSR count). The third-order valence-corrected chi connectivity index (χ3v) is 3.63. The largest absolute Gasteiger partial charge is 0.314 e. The van der Waals surface area contributed by atoms with E-state index in [1.807, 2.05) is 13.8 Å². The lowest BCUT2D eigenvalue weighted by Gasteiger charge is -2.31. The van der Waals surface area contributed by atoms with Gasteiger partial charge in [-0.2, -0.15) is 0 Å². The molecule has 0 aromatic rings. The molecule has 0 bridgehead atoms. The molecule has 0 saturated carbocycles. The maximum atomic E-state index is 12.5. The lowest BCUT2D eigenvalue weighted by atomic mass is 10.1. The zero-order chi connectivity index (χ0) is 16.5. The number of nitrogens with zero attached hydrogens (tertiary/aromatic N) is 2. The molecule has 0 spiro atoms. The second-order valence-electron chi connectivity index (χ2n) is 6.89. The number of nitrogens with one attached hydrogen (secondary N) is 2. The predicted molar refractivity (Wildman–Crippen MR) is 95.3 cm³/mol. The Morgan fingerprint density at radius 2 is 1.74 bits per heavy atom. The molecule has 0 radical (unpaired) electrons. The molecule has 1 heterocycles. The molecule has 0 aliphatic carbocycles. The highest BCUT2D eigenvalue weighted by atomic mass is 35.5. The molecule has 7 heteroatoms. The minimum Gasteiger partial charge on any atom is -0.314 e. The highest BCUT2D eigenvalue weighted by Crippen LogP contribution is 2.05. The van der Waals surface area contributed by atoms with Crippen molar-refractivity contribution in [2.45, 2.75) is 40.5 Å². The first kappa shape index (κ1) is 22.1. The number of hydrogen-bond acceptors (Lipinski definition) is 4. The van der Waals surface area contributed by atoms with E-state index in [1.165, 1.54) is 5.01 Å². The van der Waals surface area contributed by atoms with Gasteiger partial charge in [-0.1, -0.05) is 27.7 Å². The number of rotatable bonds is 7. The van der Waals surface area contributed by atoms with Gasteiger partial charge in [-0.05, 0) is 18.3 Å². The third kappa shape index (κ3) is 9.79. The monoisotopic (exact) mass is 348 g/mol. The summed E-state index contributed by atoms with van der Waals surface area (Å²) in [4.78, 5) is 26.6. The van der Waals surface area contributed by atoms with Gasteiger partial charge in [-0.25, -0.2) is 0 Å². The summed E-state index contributed by atoms with van der Waals surface area (Å²) >= 11 is 0. The maximum absolute atomic E-state index is 12.5. The second-order valence-corrected chi connectivity index (χ2v) is 6.89. The molecule has 2 amide bonds. The molecule has 1 aliphatic rings. The van der Waals surface area contributed by atoms with Gasteiger partial charge in [0.15, 0.2) is 0 Å². The summed E-state index contributed by atoms with van der Waals surface area (Å²) in [5.74, 6) is 0.717. The van der Waals surface area contributed by atoms with Crippen molar-refractivity contribution in [1.29, 1.82) is 0 Å². The highest BCUT2D eigenvalue weighted by molar-refractivity contribution is 5.85. The number of piperazine rings is 1. The van der Waals surface area contributed by atoms with E-state index in [2.05, 4.69) is 29.5 Å². The van der Waals surface area contributed by atoms with Crippen LogP contribution in [0.2, 0.25) is 0 Å². The van der Waals surface area contributed by atoms with Crippen LogP contribution in [0.25, 0.3) is 0 Å². The molecule has 1 aliphatic heterocycles. The van der Waals surface area contributed by atoms with E-state index in [1.54, 1.807) is 0 Å². The normalized spacial score (nSPS) is 15.4. The fourth-order valence-electron chi connectivity index (χ4n) is 2.35. The van der Waals surface area contributed by atoms with Gasteiger partial charge in [0.2, 0.25) is 5.91 Å². The summed E-state index contributed by atoms with van der Waals surface area (Å²) in [6.07, 6.45) is 1.31. The number of halogens is 1. The van der Waals surface area contributed by atoms with E-state index in [9.17, 15) is 9.59 Å². The highest BCUT2D eigenvalue weighted by Gasteiger charge is 2.21. The molecule has 0 aromatic carbocycles. The van der Waals surface area contributed by atoms with Crippen molar-refractivity contribution in [3.05, 3.63) is 0 Å². The van der Waals surface area contributed by atoms with Gasteiger partial charge in [-0.3, -0.25) is 24.9 Å². The molecule has 0 atom stereocenters. The fourth-order valence-corrected chi connectivity index (χ4v) is 2.35. The summed E-state index contributed by atoms with van der Waals surface area (Å²) in [6, 6.07) is 0. The van der Waals surface area contributed by atoms with Crippen LogP contribution < -0.4 is 10.7 Å². The van der Waals surface area contributed by atoms with Crippen molar-refractivity contribution in [3.63, 3.8) is 0 Å². The lowest BCUT2D eigenvalue weighted by Crippen LogP contribution is -2.53. The first-order chi connectivity index (χ1) is 10.4. The third-order valence-electron chi connectivity index (χ3n) is 3.63. The van der Waals surface area contributed by atoms with Gasteiger partial charge in [-0.15, -0.1) is 12.4 Å². The van der Waals surface area contributed by atoms with Gasteiger partial charge in [0, 0.05) is 39.1 Å². The average Bonchev–Trinajstić information content (AvgIpc) is 2.45. The number of hydrogen-bond donors (Lipinski definition) is 2. The van der Waals surface area contributed by atoms with Crippen molar-refractivity contribution in [2.24, 2.45) is 11.8 Å². The zero-order valence-corrected chi connectivity index (χ0v) is 15.7. The van der Waals surface area contributed by atoms with E-state index in [0.29, 0.717) is 31.3 Å². The topological polar surface area (TPSA) is 64.7 Å². The van der Waals surface area contributed by atoms with Crippen LogP contribution in [0.4, 0.5) is 0 Å². The number of carbonyl (C=O) groups is 2. The van der Waals surface area contributed by atoms with Crippen LogP contribution >= 0.6 is 12.4 Å². The summed E-state index contributed by atoms with van der Waals surface area (Å²) in [5, 5.41) is 4.78. The standard InChI is InChI=1S/C16H32N4O2.ClH/c1-13(2)5-6-15(21)18-20(11-14(3)4)16(22)12-19-9-7-17-8-10-19;/h13-14,17H,5-12H2,1-4H3,(H,18,21);1H. The van der Waals surface area contributed by atoms with Crippen LogP contribution in [0, 0.1) is 11.8 Å². The Morgan fingerprint density at radius 3 is 2.26 bits per heavy atom. The number of carbonyl (C=O) groups excluding carboxylic acids is 2. The smallest absolute Gasteiger partial charge is 0.255 e. The Labute approximate surface area is 146 Å². The summed E-state index contributed by atoms with van der Waals surface area (Å²) in [7, 11) is 0. The van der Waals surface area contributed by atoms with Gasteiger partial charge >= 0.3 is 0 Å². The SMILES string of the molecule is CC(C)CCC(=O)NN(CC(C)C)C(=O)CN1CCNCC1.Cl. The van der Waals surface area contributed by atoms with Crippen LogP contribution in [-0.2, 0) is 9.59 Å². The minimum absolute atomic E-state index is 0. The van der Waals surface area contributed by atoms with Gasteiger partial charge in [0.05, 0.1) is 6.54 Å². The van der Waals surface area contributed by atoms with Crippen LogP contribution in [0.3, 0.4) is 0 Å². The quantitative estimate of drug-likeness (QED) is 0.680. The van der Waals surface area contributed by atoms with E-state index in [0.717, 1.165) is 32.6 Å². The minimum atomic E-state index is -0.0667. The molecule has 2 N–H and O–H groups in total. The Balaban J connectivity index is 0.00000484. The fraction of sp³-hybridized carbons (Fsp3) is 0.875. The average molecular weight is 349 g/mol. The molecule has 0 unspecified atom stereocenters. The Morgan fingerprint density at radius 1 is 1.13 bits per heavy atom. The second kappa shape index (κ2) is 11.6. The molecule has 1 saturated heterocycles. The summed E-state index contributed by atoms with van der Waals surface area (Å²) in [6.45, 7) is 12.8. The van der Waals surface area contributed by atoms with Crippen molar-refractivity contribution >= 4 is 24.2 Å².